The van der Waals surface area contributed by atoms with Gasteiger partial charge in [-0.1, -0.05) is 37.3 Å². The van der Waals surface area contributed by atoms with Crippen molar-refractivity contribution in [1.82, 2.24) is 30.7 Å². The van der Waals surface area contributed by atoms with Gasteiger partial charge in [0.15, 0.2) is 0 Å². The molecule has 16 heteroatoms. The molecule has 0 radical (unpaired) electrons. The molecule has 2 aromatic carbocycles. The van der Waals surface area contributed by atoms with Gasteiger partial charge in [0.05, 0.1) is 12.1 Å². The molecule has 2 aromatic rings. The Morgan fingerprint density at radius 1 is 0.881 bits per heavy atom. The first-order valence-corrected chi connectivity index (χ1v) is 21.1. The summed E-state index contributed by atoms with van der Waals surface area (Å²) in [5.41, 5.74) is 3.51. The van der Waals surface area contributed by atoms with Crippen LogP contribution in [0.2, 0.25) is 0 Å². The van der Waals surface area contributed by atoms with Crippen LogP contribution in [0.15, 0.2) is 48.5 Å². The van der Waals surface area contributed by atoms with Crippen molar-refractivity contribution in [2.24, 2.45) is 5.92 Å². The Balaban J connectivity index is 1.18. The van der Waals surface area contributed by atoms with E-state index in [0.29, 0.717) is 37.9 Å². The highest BCUT2D eigenvalue weighted by atomic mass is 16.5. The smallest absolute Gasteiger partial charge is 0.329 e. The number of hydrogen-bond donors (Lipinski definition) is 5. The average Bonchev–Trinajstić information content (AvgIpc) is 3.97. The number of aliphatic hydroxyl groups excluding tert-OH is 1. The topological polar surface area (TPSA) is 193 Å². The molecule has 7 rings (SSSR count). The first-order chi connectivity index (χ1) is 28.3. The number of amides is 6. The fraction of sp³-hybridized carbons (Fsp3) is 0.581. The maximum atomic E-state index is 14.8. The van der Waals surface area contributed by atoms with Gasteiger partial charge in [-0.15, -0.1) is 0 Å². The van der Waals surface area contributed by atoms with E-state index in [0.717, 1.165) is 42.6 Å². The van der Waals surface area contributed by atoms with Crippen LogP contribution in [0.3, 0.4) is 0 Å². The van der Waals surface area contributed by atoms with Gasteiger partial charge in [0.2, 0.25) is 23.6 Å². The fourth-order valence-electron chi connectivity index (χ4n) is 9.41. The Bertz CT molecular complexity index is 1910. The zero-order valence-electron chi connectivity index (χ0n) is 34.4. The van der Waals surface area contributed by atoms with Gasteiger partial charge in [-0.3, -0.25) is 24.5 Å². The van der Waals surface area contributed by atoms with Crippen LogP contribution in [0.25, 0.3) is 0 Å². The molecule has 4 fully saturated rings. The van der Waals surface area contributed by atoms with E-state index in [1.807, 2.05) is 56.4 Å². The summed E-state index contributed by atoms with van der Waals surface area (Å²) < 4.78 is 6.00. The average molecular weight is 815 g/mol. The fourth-order valence-corrected chi connectivity index (χ4v) is 9.41. The van der Waals surface area contributed by atoms with E-state index in [2.05, 4.69) is 26.2 Å². The van der Waals surface area contributed by atoms with Gasteiger partial charge in [-0.05, 0) is 94.0 Å². The zero-order chi connectivity index (χ0) is 42.0. The first kappa shape index (κ1) is 41.9. The number of aliphatic hydroxyl groups is 1. The van der Waals surface area contributed by atoms with Crippen LogP contribution >= 0.6 is 0 Å². The van der Waals surface area contributed by atoms with Crippen LogP contribution in [-0.2, 0) is 41.6 Å². The molecule has 0 spiro atoms. The van der Waals surface area contributed by atoms with Crippen LogP contribution < -0.4 is 26.2 Å². The Hall–Kier alpha value is -5.22. The van der Waals surface area contributed by atoms with Crippen LogP contribution in [0.5, 0.6) is 0 Å². The number of esters is 1. The predicted molar refractivity (Wildman–Crippen MR) is 219 cm³/mol. The summed E-state index contributed by atoms with van der Waals surface area (Å²) in [6.45, 7) is 6.84. The van der Waals surface area contributed by atoms with Gasteiger partial charge in [0, 0.05) is 51.0 Å². The zero-order valence-corrected chi connectivity index (χ0v) is 34.4. The van der Waals surface area contributed by atoms with Crippen molar-refractivity contribution in [3.05, 3.63) is 59.7 Å². The third-order valence-corrected chi connectivity index (χ3v) is 12.6. The van der Waals surface area contributed by atoms with Crippen LogP contribution in [0, 0.1) is 5.92 Å². The maximum Gasteiger partial charge on any atom is 0.329 e. The summed E-state index contributed by atoms with van der Waals surface area (Å²) in [6, 6.07) is 8.22. The third-order valence-electron chi connectivity index (χ3n) is 12.6. The number of nitrogens with one attached hydrogen (secondary N) is 4. The number of piperidine rings is 1. The van der Waals surface area contributed by atoms with Gasteiger partial charge >= 0.3 is 12.0 Å². The molecule has 318 valence electrons. The third kappa shape index (κ3) is 9.18. The van der Waals surface area contributed by atoms with E-state index in [-0.39, 0.29) is 31.3 Å². The van der Waals surface area contributed by atoms with Crippen LogP contribution in [0.1, 0.15) is 70.4 Å². The largest absolute Gasteiger partial charge is 0.458 e. The second-order valence-electron chi connectivity index (χ2n) is 16.9. The first-order valence-electron chi connectivity index (χ1n) is 21.1. The lowest BCUT2D eigenvalue weighted by Gasteiger charge is -2.42. The summed E-state index contributed by atoms with van der Waals surface area (Å²) in [6.07, 6.45) is 1.67. The minimum Gasteiger partial charge on any atom is -0.458 e. The highest BCUT2D eigenvalue weighted by Gasteiger charge is 2.47. The lowest BCUT2D eigenvalue weighted by atomic mass is 9.98. The van der Waals surface area contributed by atoms with E-state index in [4.69, 9.17) is 4.74 Å². The molecule has 6 amide bonds. The number of hydrogen-bond acceptors (Lipinski definition) is 10. The van der Waals surface area contributed by atoms with Crippen molar-refractivity contribution in [3.8, 4) is 0 Å². The Morgan fingerprint density at radius 2 is 1.64 bits per heavy atom. The SMILES string of the molecule is CC1CC2C(=O)OC(C)C(NC(=O)C(Cc3ccccc3)NC(=O)Nc3ccc4c(c3)CCN4C)C(=O)N3CCCC3C(=O)N3CCCCC3C(O)NC(C)C(=O)N2C1. The number of nitrogens with zero attached hydrogens (tertiary/aromatic N) is 4. The van der Waals surface area contributed by atoms with Crippen molar-refractivity contribution in [1.29, 1.82) is 0 Å². The summed E-state index contributed by atoms with van der Waals surface area (Å²) >= 11 is 0. The maximum absolute atomic E-state index is 14.8. The normalized spacial score (nSPS) is 29.6. The number of likely N-dealkylation sites (N-methyl/N-ethyl adjacent to an activating group) is 1. The van der Waals surface area contributed by atoms with E-state index in [1.165, 1.54) is 16.7 Å². The number of carbonyl (C=O) groups excluding carboxylic acids is 6. The van der Waals surface area contributed by atoms with E-state index >= 15 is 0 Å². The summed E-state index contributed by atoms with van der Waals surface area (Å²) in [7, 11) is 2.01. The minimum atomic E-state index is -1.45. The number of benzene rings is 2. The van der Waals surface area contributed by atoms with Crippen molar-refractivity contribution in [2.45, 2.75) is 121 Å². The molecule has 5 aliphatic rings. The number of anilines is 2. The number of urea groups is 1. The monoisotopic (exact) mass is 814 g/mol. The molecule has 0 aromatic heterocycles. The van der Waals surface area contributed by atoms with E-state index in [9.17, 15) is 33.9 Å². The Morgan fingerprint density at radius 3 is 2.42 bits per heavy atom. The highest BCUT2D eigenvalue weighted by Crippen LogP contribution is 2.31. The van der Waals surface area contributed by atoms with Crippen LogP contribution in [-0.4, -0.2) is 137 Å². The summed E-state index contributed by atoms with van der Waals surface area (Å²) in [4.78, 5) is 91.8. The second-order valence-corrected chi connectivity index (χ2v) is 16.9. The van der Waals surface area contributed by atoms with Crippen LogP contribution in [0.4, 0.5) is 16.2 Å². The van der Waals surface area contributed by atoms with Gasteiger partial charge in [-0.25, -0.2) is 9.59 Å². The molecule has 5 N–H and O–H groups in total. The number of rotatable bonds is 6. The summed E-state index contributed by atoms with van der Waals surface area (Å²) in [5, 5.41) is 22.9. The second kappa shape index (κ2) is 18.0. The van der Waals surface area contributed by atoms with Gasteiger partial charge in [0.25, 0.3) is 0 Å². The van der Waals surface area contributed by atoms with Crippen molar-refractivity contribution in [3.63, 3.8) is 0 Å². The van der Waals surface area contributed by atoms with Crippen molar-refractivity contribution in [2.75, 3.05) is 43.4 Å². The molecule has 5 heterocycles. The Labute approximate surface area is 345 Å². The lowest BCUT2D eigenvalue weighted by Crippen LogP contribution is -2.64. The minimum absolute atomic E-state index is 0.0333. The molecule has 16 nitrogen and oxygen atoms in total. The van der Waals surface area contributed by atoms with E-state index in [1.54, 1.807) is 17.9 Å². The molecule has 0 aliphatic carbocycles. The molecular formula is C43H58N8O8. The predicted octanol–water partition coefficient (Wildman–Crippen LogP) is 1.75. The van der Waals surface area contributed by atoms with Crippen molar-refractivity contribution >= 4 is 47.0 Å². The molecule has 0 saturated carbocycles. The number of cyclic esters (lactones) is 1. The number of fused-ring (bicyclic) bond motifs is 4. The van der Waals surface area contributed by atoms with Gasteiger partial charge in [0.1, 0.15) is 36.5 Å². The van der Waals surface area contributed by atoms with E-state index < -0.39 is 78.3 Å². The lowest BCUT2D eigenvalue weighted by molar-refractivity contribution is -0.163. The quantitative estimate of drug-likeness (QED) is 0.269. The number of ether oxygens (including phenoxy) is 1. The van der Waals surface area contributed by atoms with Crippen molar-refractivity contribution < 1.29 is 38.6 Å². The van der Waals surface area contributed by atoms with Gasteiger partial charge in [-0.2, -0.15) is 0 Å². The van der Waals surface area contributed by atoms with Gasteiger partial charge < -0.3 is 45.4 Å². The molecule has 9 atom stereocenters. The standard InChI is InChI=1S/C43H58N8O8/c1-25-21-35-42(57)59-27(3)36(41(56)50-19-10-14-34(50)40(55)49-18-9-8-13-33(49)38(53)44-26(2)39(54)51(35)24-25)47-37(52)31(22-28-11-6-5-7-12-28)46-43(58)45-30-15-16-32-29(23-30)17-20-48(32)4/h5-7,11-12,15-16,23,25-27,31,33-36,38,44,53H,8-10,13-14,17-22,24H2,1-4H3,(H,47,52)(H2,45,46,58). The molecule has 59 heavy (non-hydrogen) atoms. The Kier molecular flexibility index (Phi) is 12.8. The molecule has 5 aliphatic heterocycles. The molecule has 4 saturated heterocycles. The highest BCUT2D eigenvalue weighted by molar-refractivity contribution is 5.97. The summed E-state index contributed by atoms with van der Waals surface area (Å²) in [5.74, 6) is -2.78. The number of carbonyl (C=O) groups is 6. The molecule has 0 bridgehead atoms. The molecule has 9 unspecified atom stereocenters. The molecular weight excluding hydrogens is 757 g/mol.